The van der Waals surface area contributed by atoms with E-state index < -0.39 is 0 Å². The number of thiophene rings is 1. The van der Waals surface area contributed by atoms with Crippen molar-refractivity contribution in [2.75, 3.05) is 11.1 Å². The average molecular weight is 373 g/mol. The molecular weight excluding hydrogens is 352 g/mol. The standard InChI is InChI=1S/C18H20N4OS2/c1-11-5-6-12(2)15(7-11)19-16(23)10-25-18-21-20-17(22(18)4)14-8-13(3)24-9-14/h5-9H,10H2,1-4H3,(H,19,23). The van der Waals surface area contributed by atoms with E-state index in [2.05, 4.69) is 33.9 Å². The van der Waals surface area contributed by atoms with Gasteiger partial charge in [-0.3, -0.25) is 4.79 Å². The number of aryl methyl sites for hydroxylation is 3. The van der Waals surface area contributed by atoms with Crippen LogP contribution in [0.2, 0.25) is 0 Å². The zero-order valence-electron chi connectivity index (χ0n) is 14.7. The quantitative estimate of drug-likeness (QED) is 0.682. The van der Waals surface area contributed by atoms with Crippen LogP contribution in [-0.2, 0) is 11.8 Å². The van der Waals surface area contributed by atoms with Gasteiger partial charge in [-0.2, -0.15) is 0 Å². The van der Waals surface area contributed by atoms with Crippen LogP contribution in [0.4, 0.5) is 5.69 Å². The van der Waals surface area contributed by atoms with Gasteiger partial charge < -0.3 is 9.88 Å². The lowest BCUT2D eigenvalue weighted by Crippen LogP contribution is -2.15. The van der Waals surface area contributed by atoms with Gasteiger partial charge in [0.15, 0.2) is 11.0 Å². The highest BCUT2D eigenvalue weighted by Gasteiger charge is 2.14. The summed E-state index contributed by atoms with van der Waals surface area (Å²) in [5.74, 6) is 1.07. The molecule has 0 saturated heterocycles. The molecule has 0 bridgehead atoms. The Morgan fingerprint density at radius 2 is 2.04 bits per heavy atom. The first-order valence-electron chi connectivity index (χ1n) is 7.89. The lowest BCUT2D eigenvalue weighted by atomic mass is 10.1. The number of anilines is 1. The van der Waals surface area contributed by atoms with E-state index in [1.54, 1.807) is 11.3 Å². The summed E-state index contributed by atoms with van der Waals surface area (Å²) in [6, 6.07) is 8.12. The Bertz CT molecular complexity index is 914. The number of carbonyl (C=O) groups is 1. The van der Waals surface area contributed by atoms with Crippen molar-refractivity contribution < 1.29 is 4.79 Å². The first kappa shape index (κ1) is 17.7. The van der Waals surface area contributed by atoms with E-state index in [0.717, 1.165) is 33.4 Å². The van der Waals surface area contributed by atoms with Gasteiger partial charge in [0.2, 0.25) is 5.91 Å². The van der Waals surface area contributed by atoms with Crippen LogP contribution in [0.25, 0.3) is 11.4 Å². The van der Waals surface area contributed by atoms with Gasteiger partial charge in [0.25, 0.3) is 0 Å². The number of amides is 1. The first-order chi connectivity index (χ1) is 11.9. The third kappa shape index (κ3) is 4.11. The number of aromatic nitrogens is 3. The number of rotatable bonds is 5. The monoisotopic (exact) mass is 372 g/mol. The van der Waals surface area contributed by atoms with Crippen molar-refractivity contribution in [1.82, 2.24) is 14.8 Å². The SMILES string of the molecule is Cc1ccc(C)c(NC(=O)CSc2nnc(-c3csc(C)c3)n2C)c1. The zero-order chi connectivity index (χ0) is 18.0. The Labute approximate surface area is 155 Å². The second-order valence-electron chi connectivity index (χ2n) is 5.97. The molecule has 3 rings (SSSR count). The van der Waals surface area contributed by atoms with Crippen molar-refractivity contribution in [3.63, 3.8) is 0 Å². The topological polar surface area (TPSA) is 59.8 Å². The molecule has 0 aliphatic carbocycles. The van der Waals surface area contributed by atoms with Crippen LogP contribution in [0.5, 0.6) is 0 Å². The van der Waals surface area contributed by atoms with Gasteiger partial charge in [-0.15, -0.1) is 21.5 Å². The van der Waals surface area contributed by atoms with Crippen molar-refractivity contribution >= 4 is 34.7 Å². The minimum atomic E-state index is -0.0466. The molecule has 3 aromatic rings. The van der Waals surface area contributed by atoms with Gasteiger partial charge in [-0.25, -0.2) is 0 Å². The summed E-state index contributed by atoms with van der Waals surface area (Å²) >= 11 is 3.07. The number of benzene rings is 1. The predicted molar refractivity (Wildman–Crippen MR) is 104 cm³/mol. The highest BCUT2D eigenvalue weighted by Crippen LogP contribution is 2.26. The smallest absolute Gasteiger partial charge is 0.234 e. The fraction of sp³-hybridized carbons (Fsp3) is 0.278. The summed E-state index contributed by atoms with van der Waals surface area (Å²) in [7, 11) is 1.92. The molecule has 1 amide bonds. The van der Waals surface area contributed by atoms with E-state index in [1.165, 1.54) is 16.6 Å². The van der Waals surface area contributed by atoms with Crippen LogP contribution >= 0.6 is 23.1 Å². The Hall–Kier alpha value is -2.12. The Morgan fingerprint density at radius 3 is 2.76 bits per heavy atom. The van der Waals surface area contributed by atoms with Gasteiger partial charge in [0.1, 0.15) is 0 Å². The fourth-order valence-corrected chi connectivity index (χ4v) is 3.83. The maximum absolute atomic E-state index is 12.3. The number of carbonyl (C=O) groups excluding carboxylic acids is 1. The number of hydrogen-bond acceptors (Lipinski definition) is 5. The summed E-state index contributed by atoms with van der Waals surface area (Å²) in [6.45, 7) is 6.06. The van der Waals surface area contributed by atoms with Gasteiger partial charge in [0.05, 0.1) is 5.75 Å². The maximum atomic E-state index is 12.3. The lowest BCUT2D eigenvalue weighted by molar-refractivity contribution is -0.113. The van der Waals surface area contributed by atoms with E-state index in [1.807, 2.05) is 43.7 Å². The van der Waals surface area contributed by atoms with E-state index in [4.69, 9.17) is 0 Å². The molecule has 5 nitrogen and oxygen atoms in total. The summed E-state index contributed by atoms with van der Waals surface area (Å²) in [4.78, 5) is 13.5. The largest absolute Gasteiger partial charge is 0.325 e. The molecule has 1 N–H and O–H groups in total. The normalized spacial score (nSPS) is 10.9. The van der Waals surface area contributed by atoms with Crippen LogP contribution in [-0.4, -0.2) is 26.4 Å². The molecule has 0 radical (unpaired) electrons. The van der Waals surface area contributed by atoms with E-state index in [9.17, 15) is 4.79 Å². The third-order valence-electron chi connectivity index (χ3n) is 3.82. The van der Waals surface area contributed by atoms with Gasteiger partial charge in [-0.1, -0.05) is 23.9 Å². The molecule has 130 valence electrons. The van der Waals surface area contributed by atoms with Crippen molar-refractivity contribution in [3.05, 3.63) is 45.6 Å². The van der Waals surface area contributed by atoms with Crippen molar-refractivity contribution in [2.45, 2.75) is 25.9 Å². The Balaban J connectivity index is 1.65. The van der Waals surface area contributed by atoms with Crippen LogP contribution in [0.1, 0.15) is 16.0 Å². The fourth-order valence-electron chi connectivity index (χ4n) is 2.44. The molecule has 0 unspecified atom stereocenters. The van der Waals surface area contributed by atoms with Gasteiger partial charge in [-0.05, 0) is 44.0 Å². The van der Waals surface area contributed by atoms with Crippen molar-refractivity contribution in [2.24, 2.45) is 7.05 Å². The molecule has 0 fully saturated rings. The highest BCUT2D eigenvalue weighted by molar-refractivity contribution is 7.99. The summed E-state index contributed by atoms with van der Waals surface area (Å²) < 4.78 is 1.93. The van der Waals surface area contributed by atoms with Crippen molar-refractivity contribution in [1.29, 1.82) is 0 Å². The molecule has 0 atom stereocenters. The molecular formula is C18H20N4OS2. The van der Waals surface area contributed by atoms with Crippen molar-refractivity contribution in [3.8, 4) is 11.4 Å². The Morgan fingerprint density at radius 1 is 1.24 bits per heavy atom. The second kappa shape index (κ2) is 7.41. The summed E-state index contributed by atoms with van der Waals surface area (Å²) in [6.07, 6.45) is 0. The second-order valence-corrected chi connectivity index (χ2v) is 8.02. The van der Waals surface area contributed by atoms with E-state index >= 15 is 0 Å². The lowest BCUT2D eigenvalue weighted by Gasteiger charge is -2.09. The minimum Gasteiger partial charge on any atom is -0.325 e. The highest BCUT2D eigenvalue weighted by atomic mass is 32.2. The van der Waals surface area contributed by atoms with E-state index in [-0.39, 0.29) is 5.91 Å². The number of thioether (sulfide) groups is 1. The van der Waals surface area contributed by atoms with Crippen LogP contribution < -0.4 is 5.32 Å². The molecule has 0 saturated carbocycles. The van der Waals surface area contributed by atoms with Gasteiger partial charge >= 0.3 is 0 Å². The number of hydrogen-bond donors (Lipinski definition) is 1. The predicted octanol–water partition coefficient (Wildman–Crippen LogP) is 4.20. The molecule has 1 aromatic carbocycles. The zero-order valence-corrected chi connectivity index (χ0v) is 16.3. The molecule has 2 heterocycles. The summed E-state index contributed by atoms with van der Waals surface area (Å²) in [5, 5.41) is 14.2. The van der Waals surface area contributed by atoms with E-state index in [0.29, 0.717) is 5.75 Å². The minimum absolute atomic E-state index is 0.0466. The van der Waals surface area contributed by atoms with Gasteiger partial charge in [0, 0.05) is 28.6 Å². The molecule has 0 spiro atoms. The molecule has 25 heavy (non-hydrogen) atoms. The van der Waals surface area contributed by atoms with Crippen LogP contribution in [0.15, 0.2) is 34.8 Å². The molecule has 0 aliphatic rings. The molecule has 2 aromatic heterocycles. The number of nitrogens with zero attached hydrogens (tertiary/aromatic N) is 3. The summed E-state index contributed by atoms with van der Waals surface area (Å²) in [5.41, 5.74) is 4.09. The average Bonchev–Trinajstić information content (AvgIpc) is 3.15. The maximum Gasteiger partial charge on any atom is 0.234 e. The first-order valence-corrected chi connectivity index (χ1v) is 9.75. The van der Waals surface area contributed by atoms with Crippen LogP contribution in [0, 0.1) is 20.8 Å². The molecule has 0 aliphatic heterocycles. The van der Waals surface area contributed by atoms with Crippen LogP contribution in [0.3, 0.4) is 0 Å². The third-order valence-corrected chi connectivity index (χ3v) is 5.70. The number of nitrogens with one attached hydrogen (secondary N) is 1. The Kier molecular flexibility index (Phi) is 5.24. The molecule has 7 heteroatoms.